The van der Waals surface area contributed by atoms with Gasteiger partial charge in [-0.25, -0.2) is 9.37 Å². The molecule has 1 aliphatic rings. The van der Waals surface area contributed by atoms with Crippen molar-refractivity contribution in [2.24, 2.45) is 0 Å². The molecule has 1 aromatic carbocycles. The van der Waals surface area contributed by atoms with Crippen LogP contribution in [0.2, 0.25) is 10.0 Å². The molecule has 1 aromatic heterocycles. The third-order valence-electron chi connectivity index (χ3n) is 4.91. The zero-order valence-corrected chi connectivity index (χ0v) is 16.4. The van der Waals surface area contributed by atoms with Crippen LogP contribution >= 0.6 is 23.2 Å². The van der Waals surface area contributed by atoms with Crippen LogP contribution < -0.4 is 5.32 Å². The quantitative estimate of drug-likeness (QED) is 0.619. The van der Waals surface area contributed by atoms with Gasteiger partial charge in [-0.15, -0.1) is 0 Å². The fourth-order valence-corrected chi connectivity index (χ4v) is 4.10. The van der Waals surface area contributed by atoms with Gasteiger partial charge in [-0.05, 0) is 42.7 Å². The Labute approximate surface area is 173 Å². The van der Waals surface area contributed by atoms with E-state index in [1.54, 1.807) is 0 Å². The summed E-state index contributed by atoms with van der Waals surface area (Å²) in [6.07, 6.45) is -1.97. The summed E-state index contributed by atoms with van der Waals surface area (Å²) in [5.74, 6) is -1.70. The number of aliphatic hydroxyl groups is 1. The molecule has 0 saturated heterocycles. The van der Waals surface area contributed by atoms with Gasteiger partial charge in [-0.3, -0.25) is 4.79 Å². The number of aromatic nitrogens is 1. The van der Waals surface area contributed by atoms with E-state index in [2.05, 4.69) is 10.3 Å². The van der Waals surface area contributed by atoms with Gasteiger partial charge >= 0.3 is 6.18 Å². The fraction of sp³-hybridized carbons (Fsp3) is 0.368. The molecule has 1 amide bonds. The average Bonchev–Trinajstić information content (AvgIpc) is 3.05. The van der Waals surface area contributed by atoms with Gasteiger partial charge in [0, 0.05) is 11.2 Å². The summed E-state index contributed by atoms with van der Waals surface area (Å²) in [5.41, 5.74) is -3.07. The minimum Gasteiger partial charge on any atom is -0.387 e. The number of nitrogens with zero attached hydrogens (tertiary/aromatic N) is 1. The van der Waals surface area contributed by atoms with Gasteiger partial charge in [0.2, 0.25) is 0 Å². The van der Waals surface area contributed by atoms with Crippen molar-refractivity contribution < 1.29 is 27.5 Å². The Morgan fingerprint density at radius 2 is 1.86 bits per heavy atom. The Bertz CT molecular complexity index is 911. The SMILES string of the molecule is O=C(NC(c1cc(F)cc(Cl)c1)C1(O)CCCC1)c1nccc(C(F)(F)F)c1Cl. The van der Waals surface area contributed by atoms with Gasteiger partial charge in [-0.1, -0.05) is 36.0 Å². The fourth-order valence-electron chi connectivity index (χ4n) is 3.57. The lowest BCUT2D eigenvalue weighted by atomic mass is 9.86. The molecule has 29 heavy (non-hydrogen) atoms. The summed E-state index contributed by atoms with van der Waals surface area (Å²) in [4.78, 5) is 16.4. The molecule has 1 aliphatic carbocycles. The normalized spacial score (nSPS) is 17.2. The number of benzene rings is 1. The molecule has 1 atom stereocenters. The van der Waals surface area contributed by atoms with Gasteiger partial charge in [0.1, 0.15) is 11.5 Å². The van der Waals surface area contributed by atoms with Crippen molar-refractivity contribution >= 4 is 29.1 Å². The number of halogens is 6. The highest BCUT2D eigenvalue weighted by Crippen LogP contribution is 2.41. The molecule has 0 bridgehead atoms. The first kappa shape index (κ1) is 21.8. The third kappa shape index (κ3) is 4.65. The van der Waals surface area contributed by atoms with Crippen LogP contribution in [0.4, 0.5) is 17.6 Å². The smallest absolute Gasteiger partial charge is 0.387 e. The lowest BCUT2D eigenvalue weighted by Gasteiger charge is -2.34. The Balaban J connectivity index is 2.00. The van der Waals surface area contributed by atoms with E-state index in [1.165, 1.54) is 6.07 Å². The maximum absolute atomic E-state index is 13.9. The summed E-state index contributed by atoms with van der Waals surface area (Å²) in [7, 11) is 0. The maximum atomic E-state index is 13.9. The molecule has 2 N–H and O–H groups in total. The van der Waals surface area contributed by atoms with Gasteiger partial charge < -0.3 is 10.4 Å². The van der Waals surface area contributed by atoms with Gasteiger partial charge in [-0.2, -0.15) is 13.2 Å². The summed E-state index contributed by atoms with van der Waals surface area (Å²) in [6.45, 7) is 0. The van der Waals surface area contributed by atoms with Crippen LogP contribution in [0.15, 0.2) is 30.5 Å². The van der Waals surface area contributed by atoms with Gasteiger partial charge in [0.15, 0.2) is 0 Å². The first-order valence-corrected chi connectivity index (χ1v) is 9.48. The molecule has 1 heterocycles. The molecule has 156 valence electrons. The molecule has 0 radical (unpaired) electrons. The van der Waals surface area contributed by atoms with Crippen molar-refractivity contribution in [1.29, 1.82) is 0 Å². The standard InChI is InChI=1S/C19H16Cl2F4N2O2/c20-11-7-10(8-12(22)9-11)16(18(29)4-1-2-5-18)27-17(28)15-14(21)13(3-6-26-15)19(23,24)25/h3,6-9,16,29H,1-2,4-5H2,(H,27,28). The van der Waals surface area contributed by atoms with Crippen LogP contribution in [0.3, 0.4) is 0 Å². The minimum atomic E-state index is -4.77. The number of nitrogens with one attached hydrogen (secondary N) is 1. The zero-order chi connectivity index (χ0) is 21.4. The third-order valence-corrected chi connectivity index (χ3v) is 5.51. The lowest BCUT2D eigenvalue weighted by molar-refractivity contribution is -0.137. The highest BCUT2D eigenvalue weighted by atomic mass is 35.5. The Hall–Kier alpha value is -1.90. The number of hydrogen-bond acceptors (Lipinski definition) is 3. The second-order valence-electron chi connectivity index (χ2n) is 6.94. The predicted molar refractivity (Wildman–Crippen MR) is 99.3 cm³/mol. The summed E-state index contributed by atoms with van der Waals surface area (Å²) < 4.78 is 53.1. The molecule has 4 nitrogen and oxygen atoms in total. The molecular formula is C19H16Cl2F4N2O2. The van der Waals surface area contributed by atoms with E-state index < -0.39 is 45.8 Å². The minimum absolute atomic E-state index is 0.0519. The summed E-state index contributed by atoms with van der Waals surface area (Å²) in [5, 5.41) is 12.7. The monoisotopic (exact) mass is 450 g/mol. The lowest BCUT2D eigenvalue weighted by Crippen LogP contribution is -2.44. The molecule has 3 rings (SSSR count). The van der Waals surface area contributed by atoms with E-state index in [-0.39, 0.29) is 10.6 Å². The zero-order valence-electron chi connectivity index (χ0n) is 14.9. The molecule has 0 spiro atoms. The highest BCUT2D eigenvalue weighted by Gasteiger charge is 2.42. The van der Waals surface area contributed by atoms with Crippen molar-refractivity contribution in [3.63, 3.8) is 0 Å². The van der Waals surface area contributed by atoms with Crippen LogP contribution in [0.25, 0.3) is 0 Å². The number of rotatable bonds is 4. The van der Waals surface area contributed by atoms with Crippen molar-refractivity contribution in [3.05, 3.63) is 63.1 Å². The first-order chi connectivity index (χ1) is 13.5. The van der Waals surface area contributed by atoms with Crippen LogP contribution in [0.1, 0.15) is 53.3 Å². The number of alkyl halides is 3. The number of amides is 1. The largest absolute Gasteiger partial charge is 0.417 e. The number of carbonyl (C=O) groups is 1. The molecular weight excluding hydrogens is 435 g/mol. The summed E-state index contributed by atoms with van der Waals surface area (Å²) >= 11 is 11.7. The van der Waals surface area contributed by atoms with Crippen molar-refractivity contribution in [1.82, 2.24) is 10.3 Å². The molecule has 2 aromatic rings. The van der Waals surface area contributed by atoms with Crippen molar-refractivity contribution in [2.75, 3.05) is 0 Å². The number of carbonyl (C=O) groups excluding carboxylic acids is 1. The van der Waals surface area contributed by atoms with Crippen LogP contribution in [0.5, 0.6) is 0 Å². The maximum Gasteiger partial charge on any atom is 0.417 e. The van der Waals surface area contributed by atoms with Crippen LogP contribution in [-0.2, 0) is 6.18 Å². The second-order valence-corrected chi connectivity index (χ2v) is 7.75. The van der Waals surface area contributed by atoms with E-state index in [4.69, 9.17) is 23.2 Å². The van der Waals surface area contributed by atoms with Crippen LogP contribution in [0, 0.1) is 5.82 Å². The molecule has 0 aliphatic heterocycles. The van der Waals surface area contributed by atoms with Crippen molar-refractivity contribution in [2.45, 2.75) is 43.5 Å². The van der Waals surface area contributed by atoms with E-state index >= 15 is 0 Å². The Kier molecular flexibility index (Phi) is 6.08. The van der Waals surface area contributed by atoms with Gasteiger partial charge in [0.25, 0.3) is 5.91 Å². The van der Waals surface area contributed by atoms with Crippen LogP contribution in [-0.4, -0.2) is 21.6 Å². The van der Waals surface area contributed by atoms with E-state index in [1.807, 2.05) is 0 Å². The first-order valence-electron chi connectivity index (χ1n) is 8.72. The van der Waals surface area contributed by atoms with E-state index in [0.29, 0.717) is 31.7 Å². The average molecular weight is 451 g/mol. The number of hydrogen-bond donors (Lipinski definition) is 2. The van der Waals surface area contributed by atoms with E-state index in [0.717, 1.165) is 18.3 Å². The molecule has 1 fully saturated rings. The van der Waals surface area contributed by atoms with E-state index in [9.17, 15) is 27.5 Å². The molecule has 10 heteroatoms. The Morgan fingerprint density at radius 3 is 2.45 bits per heavy atom. The molecule has 1 saturated carbocycles. The molecule has 1 unspecified atom stereocenters. The summed E-state index contributed by atoms with van der Waals surface area (Å²) in [6, 6.07) is 3.10. The predicted octanol–water partition coefficient (Wildman–Crippen LogP) is 5.32. The number of pyridine rings is 1. The van der Waals surface area contributed by atoms with Gasteiger partial charge in [0.05, 0.1) is 22.2 Å². The highest BCUT2D eigenvalue weighted by molar-refractivity contribution is 6.34. The van der Waals surface area contributed by atoms with Crippen molar-refractivity contribution in [3.8, 4) is 0 Å². The second kappa shape index (κ2) is 8.08. The topological polar surface area (TPSA) is 62.2 Å². The Morgan fingerprint density at radius 1 is 1.21 bits per heavy atom.